The molecule has 6 heteroatoms. The van der Waals surface area contributed by atoms with Crippen LogP contribution in [0.2, 0.25) is 0 Å². The molecule has 0 amide bonds. The molecule has 2 aromatic carbocycles. The quantitative estimate of drug-likeness (QED) is 0.214. The van der Waals surface area contributed by atoms with Crippen LogP contribution in [0.3, 0.4) is 0 Å². The maximum Gasteiger partial charge on any atom is 0.339 e. The van der Waals surface area contributed by atoms with Crippen LogP contribution in [-0.2, 0) is 22.6 Å². The van der Waals surface area contributed by atoms with Gasteiger partial charge >= 0.3 is 5.97 Å². The zero-order valence-electron chi connectivity index (χ0n) is 20.6. The Bertz CT molecular complexity index is 1060. The molecule has 3 aromatic rings. The van der Waals surface area contributed by atoms with Crippen molar-refractivity contribution in [1.82, 2.24) is 4.57 Å². The molecule has 1 N–H and O–H groups in total. The van der Waals surface area contributed by atoms with Crippen LogP contribution >= 0.6 is 0 Å². The van der Waals surface area contributed by atoms with E-state index in [9.17, 15) is 9.90 Å². The molecule has 1 saturated carbocycles. The highest BCUT2D eigenvalue weighted by atomic mass is 35.5. The molecule has 0 spiro atoms. The van der Waals surface area contributed by atoms with Crippen molar-refractivity contribution < 1.29 is 31.6 Å². The van der Waals surface area contributed by atoms with Crippen LogP contribution in [-0.4, -0.2) is 22.2 Å². The Morgan fingerprint density at radius 3 is 2.49 bits per heavy atom. The van der Waals surface area contributed by atoms with E-state index in [0.29, 0.717) is 17.9 Å². The Hall–Kier alpha value is -2.63. The highest BCUT2D eigenvalue weighted by molar-refractivity contribution is 5.76. The van der Waals surface area contributed by atoms with E-state index in [4.69, 9.17) is 4.74 Å². The fraction of sp³-hybridized carbons (Fsp3) is 0.448. The number of nitrogens with zero attached hydrogens (tertiary/aromatic N) is 2. The SMILES string of the molecule is Cc1n(CCCOC(=O)C(O)c2ccccc2C2CCCCCC2)cc[n+]1Cc1ccccc1.[Cl-]. The fourth-order valence-corrected chi connectivity index (χ4v) is 5.06. The lowest BCUT2D eigenvalue weighted by Gasteiger charge is -2.21. The normalized spacial score (nSPS) is 15.1. The summed E-state index contributed by atoms with van der Waals surface area (Å²) in [6.07, 6.45) is 10.9. The van der Waals surface area contributed by atoms with Crippen LogP contribution in [0.25, 0.3) is 0 Å². The first kappa shape index (κ1) is 27.0. The Morgan fingerprint density at radius 1 is 1.06 bits per heavy atom. The highest BCUT2D eigenvalue weighted by Gasteiger charge is 2.25. The molecular formula is C29H37ClN2O3. The number of halogens is 1. The van der Waals surface area contributed by atoms with Crippen molar-refractivity contribution in [2.45, 2.75) is 77.0 Å². The number of hydrogen-bond donors (Lipinski definition) is 1. The smallest absolute Gasteiger partial charge is 0.339 e. The van der Waals surface area contributed by atoms with Gasteiger partial charge in [-0.3, -0.25) is 0 Å². The van der Waals surface area contributed by atoms with Crippen LogP contribution in [0.15, 0.2) is 67.0 Å². The van der Waals surface area contributed by atoms with Crippen molar-refractivity contribution in [2.24, 2.45) is 0 Å². The van der Waals surface area contributed by atoms with Gasteiger partial charge in [0, 0.05) is 13.3 Å². The molecule has 0 radical (unpaired) electrons. The molecular weight excluding hydrogens is 460 g/mol. The predicted octanol–water partition coefficient (Wildman–Crippen LogP) is 2.24. The molecule has 35 heavy (non-hydrogen) atoms. The first-order chi connectivity index (χ1) is 16.6. The van der Waals surface area contributed by atoms with Gasteiger partial charge < -0.3 is 22.3 Å². The van der Waals surface area contributed by atoms with Gasteiger partial charge in [-0.25, -0.2) is 13.9 Å². The second kappa shape index (κ2) is 13.5. The van der Waals surface area contributed by atoms with Gasteiger partial charge in [0.25, 0.3) is 5.82 Å². The molecule has 1 aromatic heterocycles. The van der Waals surface area contributed by atoms with Crippen molar-refractivity contribution in [3.63, 3.8) is 0 Å². The molecule has 5 nitrogen and oxygen atoms in total. The molecule has 1 fully saturated rings. The van der Waals surface area contributed by atoms with Gasteiger partial charge in [-0.05, 0) is 35.4 Å². The number of carbonyl (C=O) groups excluding carboxylic acids is 1. The average Bonchev–Trinajstić information content (AvgIpc) is 3.05. The van der Waals surface area contributed by atoms with E-state index in [-0.39, 0.29) is 19.0 Å². The predicted molar refractivity (Wildman–Crippen MR) is 132 cm³/mol. The van der Waals surface area contributed by atoms with Crippen LogP contribution < -0.4 is 17.0 Å². The topological polar surface area (TPSA) is 55.3 Å². The number of ether oxygens (including phenoxy) is 1. The van der Waals surface area contributed by atoms with Crippen molar-refractivity contribution in [2.75, 3.05) is 6.61 Å². The second-order valence-electron chi connectivity index (χ2n) is 9.39. The Labute approximate surface area is 215 Å². The van der Waals surface area contributed by atoms with E-state index in [1.807, 2.05) is 24.3 Å². The molecule has 188 valence electrons. The van der Waals surface area contributed by atoms with E-state index in [1.54, 1.807) is 0 Å². The van der Waals surface area contributed by atoms with Crippen molar-refractivity contribution in [3.8, 4) is 0 Å². The molecule has 0 aliphatic heterocycles. The first-order valence-corrected chi connectivity index (χ1v) is 12.7. The molecule has 0 bridgehead atoms. The van der Waals surface area contributed by atoms with Gasteiger partial charge in [0.1, 0.15) is 18.9 Å². The highest BCUT2D eigenvalue weighted by Crippen LogP contribution is 2.35. The maximum absolute atomic E-state index is 12.6. The molecule has 0 saturated heterocycles. The molecule has 1 aliphatic rings. The number of aliphatic hydroxyl groups is 1. The number of esters is 1. The van der Waals surface area contributed by atoms with E-state index in [2.05, 4.69) is 58.8 Å². The summed E-state index contributed by atoms with van der Waals surface area (Å²) in [5, 5.41) is 10.8. The summed E-state index contributed by atoms with van der Waals surface area (Å²) in [7, 11) is 0. The standard InChI is InChI=1S/C29H37N2O3.ClH/c1-23-30(19-20-31(23)22-24-12-5-4-6-13-24)18-11-21-34-29(33)28(32)27-17-10-9-16-26(27)25-14-7-2-3-8-15-25;/h4-6,9-10,12-13,16-17,19-20,25,28,32H,2-3,7-8,11,14-15,18,21-22H2,1H3;1H/q+1;/p-1. The Morgan fingerprint density at radius 2 is 1.74 bits per heavy atom. The maximum atomic E-state index is 12.6. The summed E-state index contributed by atoms with van der Waals surface area (Å²) < 4.78 is 9.87. The largest absolute Gasteiger partial charge is 1.00 e. The van der Waals surface area contributed by atoms with E-state index >= 15 is 0 Å². The molecule has 1 heterocycles. The number of benzene rings is 2. The van der Waals surface area contributed by atoms with Crippen LogP contribution in [0, 0.1) is 6.92 Å². The van der Waals surface area contributed by atoms with Gasteiger partial charge in [0.2, 0.25) is 0 Å². The summed E-state index contributed by atoms with van der Waals surface area (Å²) >= 11 is 0. The summed E-state index contributed by atoms with van der Waals surface area (Å²) in [6, 6.07) is 18.2. The lowest BCUT2D eigenvalue weighted by molar-refractivity contribution is -0.694. The monoisotopic (exact) mass is 496 g/mol. The van der Waals surface area contributed by atoms with Gasteiger partial charge in [-0.2, -0.15) is 0 Å². The van der Waals surface area contributed by atoms with E-state index in [1.165, 1.54) is 31.2 Å². The fourth-order valence-electron chi connectivity index (χ4n) is 5.06. The summed E-state index contributed by atoms with van der Waals surface area (Å²) in [5.41, 5.74) is 3.09. The number of aromatic nitrogens is 2. The van der Waals surface area contributed by atoms with Crippen LogP contribution in [0.5, 0.6) is 0 Å². The molecule has 1 aliphatic carbocycles. The minimum absolute atomic E-state index is 0. The van der Waals surface area contributed by atoms with Gasteiger partial charge in [0.15, 0.2) is 6.10 Å². The number of imidazole rings is 1. The third-order valence-electron chi connectivity index (χ3n) is 7.05. The lowest BCUT2D eigenvalue weighted by atomic mass is 9.86. The molecule has 1 atom stereocenters. The second-order valence-corrected chi connectivity index (χ2v) is 9.39. The average molecular weight is 497 g/mol. The van der Waals surface area contributed by atoms with Crippen molar-refractivity contribution in [3.05, 3.63) is 89.5 Å². The number of hydrogen-bond acceptors (Lipinski definition) is 3. The Balaban J connectivity index is 0.00000342. The third-order valence-corrected chi connectivity index (χ3v) is 7.05. The minimum Gasteiger partial charge on any atom is -1.00 e. The number of aryl methyl sites for hydroxylation is 1. The Kier molecular flexibility index (Phi) is 10.4. The zero-order valence-corrected chi connectivity index (χ0v) is 21.4. The zero-order chi connectivity index (χ0) is 23.8. The summed E-state index contributed by atoms with van der Waals surface area (Å²) in [4.78, 5) is 12.6. The summed E-state index contributed by atoms with van der Waals surface area (Å²) in [5.74, 6) is 1.03. The van der Waals surface area contributed by atoms with Crippen LogP contribution in [0.4, 0.5) is 0 Å². The number of rotatable bonds is 9. The van der Waals surface area contributed by atoms with E-state index in [0.717, 1.165) is 37.3 Å². The minimum atomic E-state index is -1.22. The molecule has 1 unspecified atom stereocenters. The lowest BCUT2D eigenvalue weighted by Crippen LogP contribution is -3.00. The van der Waals surface area contributed by atoms with Gasteiger partial charge in [-0.15, -0.1) is 0 Å². The van der Waals surface area contributed by atoms with Gasteiger partial charge in [0.05, 0.1) is 13.2 Å². The van der Waals surface area contributed by atoms with Crippen molar-refractivity contribution in [1.29, 1.82) is 0 Å². The van der Waals surface area contributed by atoms with Gasteiger partial charge in [-0.1, -0.05) is 80.3 Å². The van der Waals surface area contributed by atoms with Crippen molar-refractivity contribution >= 4 is 5.97 Å². The summed E-state index contributed by atoms with van der Waals surface area (Å²) in [6.45, 7) is 3.98. The number of carbonyl (C=O) groups is 1. The number of aliphatic hydroxyl groups excluding tert-OH is 1. The van der Waals surface area contributed by atoms with E-state index < -0.39 is 12.1 Å². The van der Waals surface area contributed by atoms with Crippen LogP contribution in [0.1, 0.15) is 79.5 Å². The third kappa shape index (κ3) is 7.18. The first-order valence-electron chi connectivity index (χ1n) is 12.7. The molecule has 4 rings (SSSR count).